The summed E-state index contributed by atoms with van der Waals surface area (Å²) >= 11 is 0. The Hall–Kier alpha value is -2.11. The van der Waals surface area contributed by atoms with Gasteiger partial charge in [-0.05, 0) is 17.7 Å². The van der Waals surface area contributed by atoms with Gasteiger partial charge in [0.2, 0.25) is 0 Å². The van der Waals surface area contributed by atoms with E-state index in [0.717, 1.165) is 4.90 Å². The van der Waals surface area contributed by atoms with Crippen LogP contribution in [0.5, 0.6) is 0 Å². The van der Waals surface area contributed by atoms with Gasteiger partial charge in [-0.25, -0.2) is 9.18 Å². The van der Waals surface area contributed by atoms with E-state index in [2.05, 4.69) is 0 Å². The highest BCUT2D eigenvalue weighted by atomic mass is 19.1. The van der Waals surface area contributed by atoms with Crippen LogP contribution in [0.25, 0.3) is 0 Å². The second kappa shape index (κ2) is 6.58. The summed E-state index contributed by atoms with van der Waals surface area (Å²) in [7, 11) is 1.44. The number of halogens is 1. The maximum atomic E-state index is 12.8. The molecule has 0 spiro atoms. The van der Waals surface area contributed by atoms with Crippen molar-refractivity contribution >= 4 is 12.1 Å². The van der Waals surface area contributed by atoms with Gasteiger partial charge < -0.3 is 14.7 Å². The lowest BCUT2D eigenvalue weighted by molar-refractivity contribution is -0.137. The van der Waals surface area contributed by atoms with Crippen LogP contribution in [0.3, 0.4) is 0 Å². The monoisotopic (exact) mass is 255 g/mol. The van der Waals surface area contributed by atoms with Gasteiger partial charge in [0.15, 0.2) is 0 Å². The number of hydrogen-bond donors (Lipinski definition) is 1. The number of hydrogen-bond acceptors (Lipinski definition) is 3. The second-order valence-electron chi connectivity index (χ2n) is 3.75. The largest absolute Gasteiger partial charge is 0.481 e. The van der Waals surface area contributed by atoms with E-state index in [-0.39, 0.29) is 19.6 Å². The summed E-state index contributed by atoms with van der Waals surface area (Å²) in [4.78, 5) is 22.9. The molecule has 0 radical (unpaired) electrons. The van der Waals surface area contributed by atoms with E-state index >= 15 is 0 Å². The summed E-state index contributed by atoms with van der Waals surface area (Å²) in [6.45, 7) is 0.0192. The van der Waals surface area contributed by atoms with Crippen LogP contribution in [-0.4, -0.2) is 35.7 Å². The molecule has 0 saturated heterocycles. The molecule has 0 aliphatic carbocycles. The Morgan fingerprint density at radius 1 is 1.44 bits per heavy atom. The highest BCUT2D eigenvalue weighted by Crippen LogP contribution is 2.06. The third kappa shape index (κ3) is 4.82. The van der Waals surface area contributed by atoms with Gasteiger partial charge in [0, 0.05) is 13.6 Å². The SMILES string of the molecule is CN(CCC(=O)O)C(=O)OCc1cccc(F)c1. The first kappa shape index (κ1) is 14.0. The van der Waals surface area contributed by atoms with E-state index < -0.39 is 17.9 Å². The number of benzene rings is 1. The molecule has 0 atom stereocenters. The number of nitrogens with zero attached hydrogens (tertiary/aromatic N) is 1. The van der Waals surface area contributed by atoms with E-state index in [1.165, 1.54) is 25.2 Å². The molecule has 1 amide bonds. The lowest BCUT2D eigenvalue weighted by Gasteiger charge is -2.15. The fraction of sp³-hybridized carbons (Fsp3) is 0.333. The summed E-state index contributed by atoms with van der Waals surface area (Å²) in [6, 6.07) is 5.72. The number of amides is 1. The maximum Gasteiger partial charge on any atom is 0.409 e. The number of carbonyl (C=O) groups excluding carboxylic acids is 1. The predicted octanol–water partition coefficient (Wildman–Crippen LogP) is 1.87. The smallest absolute Gasteiger partial charge is 0.409 e. The molecule has 6 heteroatoms. The molecule has 0 heterocycles. The fourth-order valence-electron chi connectivity index (χ4n) is 1.24. The summed E-state index contributed by atoms with van der Waals surface area (Å²) in [6.07, 6.45) is -0.786. The number of carboxylic acid groups (broad SMARTS) is 1. The number of carbonyl (C=O) groups is 2. The van der Waals surface area contributed by atoms with Crippen LogP contribution in [0.2, 0.25) is 0 Å². The molecule has 0 aromatic heterocycles. The van der Waals surface area contributed by atoms with E-state index in [9.17, 15) is 14.0 Å². The molecule has 0 aliphatic heterocycles. The Labute approximate surface area is 104 Å². The van der Waals surface area contributed by atoms with Crippen molar-refractivity contribution in [2.45, 2.75) is 13.0 Å². The van der Waals surface area contributed by atoms with Crippen molar-refractivity contribution in [2.75, 3.05) is 13.6 Å². The second-order valence-corrected chi connectivity index (χ2v) is 3.75. The fourth-order valence-corrected chi connectivity index (χ4v) is 1.24. The Bertz CT molecular complexity index is 436. The first-order valence-corrected chi connectivity index (χ1v) is 5.33. The highest BCUT2D eigenvalue weighted by molar-refractivity contribution is 5.70. The summed E-state index contributed by atoms with van der Waals surface area (Å²) in [5.41, 5.74) is 0.537. The third-order valence-corrected chi connectivity index (χ3v) is 2.22. The van der Waals surface area contributed by atoms with Crippen LogP contribution < -0.4 is 0 Å². The average Bonchev–Trinajstić information content (AvgIpc) is 2.33. The third-order valence-electron chi connectivity index (χ3n) is 2.22. The molecule has 1 aromatic carbocycles. The average molecular weight is 255 g/mol. The molecule has 0 unspecified atom stereocenters. The molecule has 18 heavy (non-hydrogen) atoms. The summed E-state index contributed by atoms with van der Waals surface area (Å²) in [5, 5.41) is 8.46. The van der Waals surface area contributed by atoms with Gasteiger partial charge in [0.1, 0.15) is 12.4 Å². The zero-order chi connectivity index (χ0) is 13.5. The van der Waals surface area contributed by atoms with Gasteiger partial charge in [-0.2, -0.15) is 0 Å². The molecule has 98 valence electrons. The molecule has 1 aromatic rings. The van der Waals surface area contributed by atoms with Crippen LogP contribution in [0, 0.1) is 5.82 Å². The van der Waals surface area contributed by atoms with Crippen LogP contribution in [0.4, 0.5) is 9.18 Å². The maximum absolute atomic E-state index is 12.8. The minimum Gasteiger partial charge on any atom is -0.481 e. The Morgan fingerprint density at radius 3 is 2.78 bits per heavy atom. The van der Waals surface area contributed by atoms with Crippen molar-refractivity contribution in [3.8, 4) is 0 Å². The van der Waals surface area contributed by atoms with E-state index in [1.807, 2.05) is 0 Å². The van der Waals surface area contributed by atoms with Crippen molar-refractivity contribution in [1.29, 1.82) is 0 Å². The minimum atomic E-state index is -0.986. The molecular weight excluding hydrogens is 241 g/mol. The standard InChI is InChI=1S/C12H14FNO4/c1-14(6-5-11(15)16)12(17)18-8-9-3-2-4-10(13)7-9/h2-4,7H,5-6,8H2,1H3,(H,15,16). The molecule has 5 nitrogen and oxygen atoms in total. The van der Waals surface area contributed by atoms with Gasteiger partial charge in [-0.1, -0.05) is 12.1 Å². The summed E-state index contributed by atoms with van der Waals surface area (Å²) < 4.78 is 17.7. The molecule has 1 N–H and O–H groups in total. The number of rotatable bonds is 5. The first-order chi connectivity index (χ1) is 8.49. The van der Waals surface area contributed by atoms with Crippen LogP contribution in [0.1, 0.15) is 12.0 Å². The zero-order valence-electron chi connectivity index (χ0n) is 9.93. The van der Waals surface area contributed by atoms with Crippen molar-refractivity contribution in [3.63, 3.8) is 0 Å². The lowest BCUT2D eigenvalue weighted by atomic mass is 10.2. The van der Waals surface area contributed by atoms with Crippen molar-refractivity contribution in [2.24, 2.45) is 0 Å². The van der Waals surface area contributed by atoms with Crippen LogP contribution >= 0.6 is 0 Å². The summed E-state index contributed by atoms with van der Waals surface area (Å²) in [5.74, 6) is -1.39. The Balaban J connectivity index is 2.38. The van der Waals surface area contributed by atoms with Crippen LogP contribution in [-0.2, 0) is 16.1 Å². The Morgan fingerprint density at radius 2 is 2.17 bits per heavy atom. The molecular formula is C12H14FNO4. The molecule has 1 rings (SSSR count). The van der Waals surface area contributed by atoms with E-state index in [1.54, 1.807) is 6.07 Å². The van der Waals surface area contributed by atoms with Gasteiger partial charge >= 0.3 is 12.1 Å². The quantitative estimate of drug-likeness (QED) is 0.872. The van der Waals surface area contributed by atoms with Gasteiger partial charge in [0.05, 0.1) is 6.42 Å². The molecule has 0 aliphatic rings. The topological polar surface area (TPSA) is 66.8 Å². The zero-order valence-corrected chi connectivity index (χ0v) is 9.93. The van der Waals surface area contributed by atoms with E-state index in [0.29, 0.717) is 5.56 Å². The number of ether oxygens (including phenoxy) is 1. The number of carboxylic acids is 1. The molecule has 0 bridgehead atoms. The van der Waals surface area contributed by atoms with Crippen molar-refractivity contribution in [1.82, 2.24) is 4.90 Å². The van der Waals surface area contributed by atoms with E-state index in [4.69, 9.17) is 9.84 Å². The normalized spacial score (nSPS) is 9.89. The van der Waals surface area contributed by atoms with Crippen molar-refractivity contribution in [3.05, 3.63) is 35.6 Å². The lowest BCUT2D eigenvalue weighted by Crippen LogP contribution is -2.29. The molecule has 0 saturated carbocycles. The highest BCUT2D eigenvalue weighted by Gasteiger charge is 2.11. The van der Waals surface area contributed by atoms with Gasteiger partial charge in [-0.3, -0.25) is 4.79 Å². The molecule has 0 fully saturated rings. The van der Waals surface area contributed by atoms with Gasteiger partial charge in [-0.15, -0.1) is 0 Å². The van der Waals surface area contributed by atoms with Crippen LogP contribution in [0.15, 0.2) is 24.3 Å². The first-order valence-electron chi connectivity index (χ1n) is 5.33. The number of aliphatic carboxylic acids is 1. The minimum absolute atomic E-state index is 0.0476. The van der Waals surface area contributed by atoms with Crippen molar-refractivity contribution < 1.29 is 23.8 Å². The predicted molar refractivity (Wildman–Crippen MR) is 61.5 cm³/mol. The Kier molecular flexibility index (Phi) is 5.10. The van der Waals surface area contributed by atoms with Gasteiger partial charge in [0.25, 0.3) is 0 Å².